The quantitative estimate of drug-likeness (QED) is 0.432. The van der Waals surface area contributed by atoms with Crippen LogP contribution in [0.3, 0.4) is 0 Å². The van der Waals surface area contributed by atoms with Crippen molar-refractivity contribution >= 4 is 29.2 Å². The third kappa shape index (κ3) is 2.76. The fourth-order valence-corrected chi connectivity index (χ4v) is 1.16. The molecule has 0 saturated carbocycles. The van der Waals surface area contributed by atoms with E-state index in [-0.39, 0.29) is 5.75 Å². The van der Waals surface area contributed by atoms with Gasteiger partial charge in [0.25, 0.3) is 0 Å². The van der Waals surface area contributed by atoms with E-state index in [1.807, 2.05) is 0 Å². The van der Waals surface area contributed by atoms with Gasteiger partial charge in [-0.15, -0.1) is 0 Å². The second kappa shape index (κ2) is 4.30. The highest BCUT2D eigenvalue weighted by Crippen LogP contribution is 2.27. The van der Waals surface area contributed by atoms with E-state index < -0.39 is 5.97 Å². The number of carbonyl (C=O) groups excluding carboxylic acids is 1. The lowest BCUT2D eigenvalue weighted by atomic mass is 10.3. The van der Waals surface area contributed by atoms with Gasteiger partial charge in [0.1, 0.15) is 5.75 Å². The van der Waals surface area contributed by atoms with Crippen LogP contribution in [0, 0.1) is 0 Å². The topological polar surface area (TPSA) is 26.3 Å². The highest BCUT2D eigenvalue weighted by molar-refractivity contribution is 6.35. The van der Waals surface area contributed by atoms with E-state index in [0.29, 0.717) is 10.0 Å². The lowest BCUT2D eigenvalue weighted by molar-refractivity contribution is -0.128. The monoisotopic (exact) mass is 216 g/mol. The van der Waals surface area contributed by atoms with Gasteiger partial charge < -0.3 is 4.74 Å². The van der Waals surface area contributed by atoms with Crippen LogP contribution in [0.15, 0.2) is 30.9 Å². The van der Waals surface area contributed by atoms with Crippen LogP contribution in [0.25, 0.3) is 0 Å². The van der Waals surface area contributed by atoms with Gasteiger partial charge in [-0.25, -0.2) is 4.79 Å². The second-order valence-electron chi connectivity index (χ2n) is 2.20. The Kier molecular flexibility index (Phi) is 3.34. The van der Waals surface area contributed by atoms with Crippen molar-refractivity contribution in [1.82, 2.24) is 0 Å². The molecule has 0 heterocycles. The molecule has 0 aliphatic carbocycles. The summed E-state index contributed by atoms with van der Waals surface area (Å²) in [5, 5.41) is 0.783. The van der Waals surface area contributed by atoms with E-state index in [0.717, 1.165) is 6.08 Å². The summed E-state index contributed by atoms with van der Waals surface area (Å²) in [4.78, 5) is 10.8. The molecule has 0 bridgehead atoms. The van der Waals surface area contributed by atoms with E-state index in [2.05, 4.69) is 6.58 Å². The lowest BCUT2D eigenvalue weighted by Crippen LogP contribution is -2.03. The Labute approximate surface area is 85.7 Å². The van der Waals surface area contributed by atoms with Crippen molar-refractivity contribution in [3.8, 4) is 5.75 Å². The van der Waals surface area contributed by atoms with Gasteiger partial charge in [0, 0.05) is 11.1 Å². The van der Waals surface area contributed by atoms with Gasteiger partial charge in [0.2, 0.25) is 0 Å². The molecule has 0 aliphatic heterocycles. The largest absolute Gasteiger partial charge is 0.422 e. The molecule has 1 aromatic carbocycles. The molecule has 0 saturated heterocycles. The van der Waals surface area contributed by atoms with Crippen molar-refractivity contribution in [1.29, 1.82) is 0 Å². The van der Waals surface area contributed by atoms with Crippen molar-refractivity contribution in [2.24, 2.45) is 0 Å². The van der Waals surface area contributed by atoms with Crippen LogP contribution < -0.4 is 4.74 Å². The van der Waals surface area contributed by atoms with Crippen molar-refractivity contribution in [2.75, 3.05) is 0 Å². The Morgan fingerprint density at radius 2 is 2.15 bits per heavy atom. The van der Waals surface area contributed by atoms with E-state index in [4.69, 9.17) is 27.9 Å². The Morgan fingerprint density at radius 1 is 1.46 bits per heavy atom. The highest BCUT2D eigenvalue weighted by Gasteiger charge is 2.04. The van der Waals surface area contributed by atoms with Crippen LogP contribution in [0.2, 0.25) is 10.0 Å². The summed E-state index contributed by atoms with van der Waals surface area (Å²) in [5.41, 5.74) is 0. The second-order valence-corrected chi connectivity index (χ2v) is 3.04. The minimum Gasteiger partial charge on any atom is -0.422 e. The average molecular weight is 217 g/mol. The Hall–Kier alpha value is -0.990. The average Bonchev–Trinajstić information content (AvgIpc) is 2.09. The molecule has 0 radical (unpaired) electrons. The SMILES string of the molecule is C=CC(=O)Oc1ccc(Cl)cc1Cl. The molecule has 68 valence electrons. The predicted molar refractivity (Wildman–Crippen MR) is 52.3 cm³/mol. The normalized spacial score (nSPS) is 9.38. The first-order valence-electron chi connectivity index (χ1n) is 3.43. The van der Waals surface area contributed by atoms with Crippen molar-refractivity contribution < 1.29 is 9.53 Å². The van der Waals surface area contributed by atoms with Gasteiger partial charge >= 0.3 is 5.97 Å². The third-order valence-corrected chi connectivity index (χ3v) is 1.80. The zero-order valence-electron chi connectivity index (χ0n) is 6.59. The third-order valence-electron chi connectivity index (χ3n) is 1.27. The fraction of sp³-hybridized carbons (Fsp3) is 0. The molecule has 2 nitrogen and oxygen atoms in total. The molecule has 0 atom stereocenters. The molecule has 1 aromatic rings. The van der Waals surface area contributed by atoms with E-state index in [1.165, 1.54) is 12.1 Å². The molecule has 0 aromatic heterocycles. The molecular formula is C9H6Cl2O2. The van der Waals surface area contributed by atoms with Gasteiger partial charge in [-0.2, -0.15) is 0 Å². The van der Waals surface area contributed by atoms with Gasteiger partial charge in [-0.1, -0.05) is 29.8 Å². The van der Waals surface area contributed by atoms with Gasteiger partial charge in [0.15, 0.2) is 0 Å². The smallest absolute Gasteiger partial charge is 0.335 e. The molecule has 0 N–H and O–H groups in total. The summed E-state index contributed by atoms with van der Waals surface area (Å²) in [7, 11) is 0. The van der Waals surface area contributed by atoms with Gasteiger partial charge in [0.05, 0.1) is 5.02 Å². The maximum absolute atomic E-state index is 10.8. The summed E-state index contributed by atoms with van der Waals surface area (Å²) in [6.45, 7) is 3.26. The zero-order valence-corrected chi connectivity index (χ0v) is 8.10. The van der Waals surface area contributed by atoms with Crippen molar-refractivity contribution in [2.45, 2.75) is 0 Å². The summed E-state index contributed by atoms with van der Waals surface area (Å²) in [5.74, 6) is -0.278. The molecule has 4 heteroatoms. The van der Waals surface area contributed by atoms with E-state index in [1.54, 1.807) is 6.07 Å². The number of hydrogen-bond acceptors (Lipinski definition) is 2. The molecule has 0 fully saturated rings. The lowest BCUT2D eigenvalue weighted by Gasteiger charge is -2.03. The molecular weight excluding hydrogens is 211 g/mol. The molecule has 0 aliphatic rings. The summed E-state index contributed by atoms with van der Waals surface area (Å²) < 4.78 is 4.80. The number of benzene rings is 1. The van der Waals surface area contributed by atoms with Crippen LogP contribution in [-0.2, 0) is 4.79 Å². The minimum absolute atomic E-state index is 0.274. The summed E-state index contributed by atoms with van der Waals surface area (Å²) >= 11 is 11.4. The molecule has 13 heavy (non-hydrogen) atoms. The van der Waals surface area contributed by atoms with Gasteiger partial charge in [-0.3, -0.25) is 0 Å². The van der Waals surface area contributed by atoms with Crippen molar-refractivity contribution in [3.05, 3.63) is 40.9 Å². The van der Waals surface area contributed by atoms with Crippen LogP contribution in [-0.4, -0.2) is 5.97 Å². The first-order valence-corrected chi connectivity index (χ1v) is 4.18. The van der Waals surface area contributed by atoms with E-state index in [9.17, 15) is 4.79 Å². The first-order chi connectivity index (χ1) is 6.13. The number of halogens is 2. The maximum Gasteiger partial charge on any atom is 0.335 e. The van der Waals surface area contributed by atoms with E-state index >= 15 is 0 Å². The predicted octanol–water partition coefficient (Wildman–Crippen LogP) is 3.08. The Bertz CT molecular complexity index is 347. The fourth-order valence-electron chi connectivity index (χ4n) is 0.708. The summed E-state index contributed by atoms with van der Waals surface area (Å²) in [6.07, 6.45) is 1.06. The highest BCUT2D eigenvalue weighted by atomic mass is 35.5. The number of hydrogen-bond donors (Lipinski definition) is 0. The zero-order chi connectivity index (χ0) is 9.84. The number of esters is 1. The standard InChI is InChI=1S/C9H6Cl2O2/c1-2-9(12)13-8-4-3-6(10)5-7(8)11/h2-5H,1H2. The van der Waals surface area contributed by atoms with Crippen LogP contribution in [0.5, 0.6) is 5.75 Å². The first kappa shape index (κ1) is 10.1. The van der Waals surface area contributed by atoms with Gasteiger partial charge in [-0.05, 0) is 18.2 Å². The summed E-state index contributed by atoms with van der Waals surface area (Å²) in [6, 6.07) is 4.60. The molecule has 0 amide bonds. The Morgan fingerprint density at radius 3 is 2.69 bits per heavy atom. The van der Waals surface area contributed by atoms with Crippen LogP contribution >= 0.6 is 23.2 Å². The number of carbonyl (C=O) groups is 1. The van der Waals surface area contributed by atoms with Crippen molar-refractivity contribution in [3.63, 3.8) is 0 Å². The molecule has 0 spiro atoms. The number of ether oxygens (including phenoxy) is 1. The number of rotatable bonds is 2. The maximum atomic E-state index is 10.8. The minimum atomic E-state index is -0.552. The van der Waals surface area contributed by atoms with Crippen LogP contribution in [0.1, 0.15) is 0 Å². The molecule has 1 rings (SSSR count). The molecule has 0 unspecified atom stereocenters. The van der Waals surface area contributed by atoms with Crippen LogP contribution in [0.4, 0.5) is 0 Å². The Balaban J connectivity index is 2.89.